The SMILES string of the molecule is CC(F)(F)CCn1nnnc1CC(=O)O. The van der Waals surface area contributed by atoms with E-state index in [4.69, 9.17) is 5.11 Å². The van der Waals surface area contributed by atoms with Gasteiger partial charge in [0.2, 0.25) is 5.92 Å². The highest BCUT2D eigenvalue weighted by Crippen LogP contribution is 2.17. The minimum absolute atomic E-state index is 0.0757. The number of hydrogen-bond donors (Lipinski definition) is 1. The van der Waals surface area contributed by atoms with Crippen LogP contribution >= 0.6 is 0 Å². The van der Waals surface area contributed by atoms with Gasteiger partial charge in [0.1, 0.15) is 6.42 Å². The van der Waals surface area contributed by atoms with Crippen LogP contribution in [0.1, 0.15) is 19.2 Å². The van der Waals surface area contributed by atoms with E-state index >= 15 is 0 Å². The summed E-state index contributed by atoms with van der Waals surface area (Å²) in [5.41, 5.74) is 0. The van der Waals surface area contributed by atoms with Gasteiger partial charge in [-0.05, 0) is 17.4 Å². The summed E-state index contributed by atoms with van der Waals surface area (Å²) in [7, 11) is 0. The molecule has 0 aromatic carbocycles. The van der Waals surface area contributed by atoms with Gasteiger partial charge in [0, 0.05) is 6.42 Å². The predicted molar refractivity (Wildman–Crippen MR) is 44.4 cm³/mol. The molecule has 15 heavy (non-hydrogen) atoms. The van der Waals surface area contributed by atoms with Crippen LogP contribution in [-0.4, -0.2) is 37.2 Å². The monoisotopic (exact) mass is 220 g/mol. The molecule has 0 fully saturated rings. The van der Waals surface area contributed by atoms with Crippen molar-refractivity contribution in [2.45, 2.75) is 32.2 Å². The molecule has 0 aliphatic carbocycles. The zero-order chi connectivity index (χ0) is 11.5. The number of aromatic nitrogens is 4. The maximum absolute atomic E-state index is 12.5. The van der Waals surface area contributed by atoms with Crippen molar-refractivity contribution in [3.63, 3.8) is 0 Å². The number of carboxylic acids is 1. The fourth-order valence-corrected chi connectivity index (χ4v) is 0.961. The van der Waals surface area contributed by atoms with Crippen LogP contribution in [0.3, 0.4) is 0 Å². The molecule has 6 nitrogen and oxygen atoms in total. The van der Waals surface area contributed by atoms with Crippen LogP contribution in [0.2, 0.25) is 0 Å². The van der Waals surface area contributed by atoms with Crippen molar-refractivity contribution in [2.24, 2.45) is 0 Å². The third-order valence-corrected chi connectivity index (χ3v) is 1.68. The van der Waals surface area contributed by atoms with Crippen molar-refractivity contribution >= 4 is 5.97 Å². The van der Waals surface area contributed by atoms with Gasteiger partial charge < -0.3 is 5.11 Å². The average molecular weight is 220 g/mol. The first-order valence-electron chi connectivity index (χ1n) is 4.23. The lowest BCUT2D eigenvalue weighted by Gasteiger charge is -2.09. The molecule has 0 radical (unpaired) electrons. The summed E-state index contributed by atoms with van der Waals surface area (Å²) in [5, 5.41) is 18.6. The average Bonchev–Trinajstić information content (AvgIpc) is 2.46. The third-order valence-electron chi connectivity index (χ3n) is 1.68. The quantitative estimate of drug-likeness (QED) is 0.774. The highest BCUT2D eigenvalue weighted by molar-refractivity contribution is 5.68. The molecule has 1 aromatic rings. The van der Waals surface area contributed by atoms with E-state index in [9.17, 15) is 13.6 Å². The fourth-order valence-electron chi connectivity index (χ4n) is 0.961. The van der Waals surface area contributed by atoms with Crippen molar-refractivity contribution < 1.29 is 18.7 Å². The van der Waals surface area contributed by atoms with Crippen LogP contribution in [0.15, 0.2) is 0 Å². The Balaban J connectivity index is 2.61. The van der Waals surface area contributed by atoms with Crippen LogP contribution in [-0.2, 0) is 17.8 Å². The van der Waals surface area contributed by atoms with Crippen LogP contribution < -0.4 is 0 Å². The van der Waals surface area contributed by atoms with Crippen LogP contribution in [0, 0.1) is 0 Å². The number of carbonyl (C=O) groups is 1. The first-order valence-corrected chi connectivity index (χ1v) is 4.23. The van der Waals surface area contributed by atoms with Crippen LogP contribution in [0.4, 0.5) is 8.78 Å². The Morgan fingerprint density at radius 2 is 2.27 bits per heavy atom. The Kier molecular flexibility index (Phi) is 3.28. The molecule has 0 saturated carbocycles. The molecule has 1 aromatic heterocycles. The Morgan fingerprint density at radius 3 is 2.80 bits per heavy atom. The lowest BCUT2D eigenvalue weighted by atomic mass is 10.2. The molecule has 0 bridgehead atoms. The lowest BCUT2D eigenvalue weighted by molar-refractivity contribution is -0.136. The molecule has 0 atom stereocenters. The van der Waals surface area contributed by atoms with Gasteiger partial charge in [-0.2, -0.15) is 0 Å². The second kappa shape index (κ2) is 4.28. The summed E-state index contributed by atoms with van der Waals surface area (Å²) in [4.78, 5) is 10.4. The van der Waals surface area contributed by atoms with Crippen LogP contribution in [0.25, 0.3) is 0 Å². The number of aliphatic carboxylic acids is 1. The summed E-state index contributed by atoms with van der Waals surface area (Å²) in [6, 6.07) is 0. The third kappa shape index (κ3) is 3.96. The Bertz CT molecular complexity index is 347. The van der Waals surface area contributed by atoms with E-state index in [1.807, 2.05) is 0 Å². The van der Waals surface area contributed by atoms with E-state index < -0.39 is 18.3 Å². The van der Waals surface area contributed by atoms with Crippen molar-refractivity contribution in [3.8, 4) is 0 Å². The normalized spacial score (nSPS) is 11.7. The van der Waals surface area contributed by atoms with Crippen molar-refractivity contribution in [3.05, 3.63) is 5.82 Å². The van der Waals surface area contributed by atoms with Crippen molar-refractivity contribution in [1.82, 2.24) is 20.2 Å². The number of halogens is 2. The van der Waals surface area contributed by atoms with E-state index in [1.165, 1.54) is 0 Å². The van der Waals surface area contributed by atoms with Crippen molar-refractivity contribution in [2.75, 3.05) is 0 Å². The Labute approximate surface area is 83.9 Å². The molecule has 0 saturated heterocycles. The first kappa shape index (κ1) is 11.5. The van der Waals surface area contributed by atoms with E-state index in [0.29, 0.717) is 0 Å². The molecular formula is C7H10F2N4O2. The van der Waals surface area contributed by atoms with Gasteiger partial charge in [-0.25, -0.2) is 13.5 Å². The largest absolute Gasteiger partial charge is 0.481 e. The topological polar surface area (TPSA) is 80.9 Å². The molecule has 0 aliphatic heterocycles. The standard InChI is InChI=1S/C7H10F2N4O2/c1-7(8,9)2-3-13-5(4-6(14)15)10-11-12-13/h2-4H2,1H3,(H,14,15). The molecular weight excluding hydrogens is 210 g/mol. The smallest absolute Gasteiger partial charge is 0.311 e. The minimum atomic E-state index is -2.81. The summed E-state index contributed by atoms with van der Waals surface area (Å²) in [6.07, 6.45) is -0.799. The maximum Gasteiger partial charge on any atom is 0.311 e. The number of tetrazole rings is 1. The van der Waals surface area contributed by atoms with Gasteiger partial charge in [0.25, 0.3) is 0 Å². The van der Waals surface area contributed by atoms with Crippen molar-refractivity contribution in [1.29, 1.82) is 0 Å². The summed E-state index contributed by atoms with van der Waals surface area (Å²) < 4.78 is 26.1. The Hall–Kier alpha value is -1.60. The fraction of sp³-hybridized carbons (Fsp3) is 0.714. The predicted octanol–water partition coefficient (Wildman–Crippen LogP) is 0.346. The van der Waals surface area contributed by atoms with Gasteiger partial charge in [0.05, 0.1) is 6.54 Å². The van der Waals surface area contributed by atoms with E-state index in [0.717, 1.165) is 11.6 Å². The molecule has 84 valence electrons. The molecule has 1 N–H and O–H groups in total. The summed E-state index contributed by atoms with van der Waals surface area (Å²) in [5.74, 6) is -3.84. The minimum Gasteiger partial charge on any atom is -0.481 e. The zero-order valence-corrected chi connectivity index (χ0v) is 8.02. The molecule has 8 heteroatoms. The second-order valence-corrected chi connectivity index (χ2v) is 3.21. The van der Waals surface area contributed by atoms with Gasteiger partial charge in [-0.15, -0.1) is 5.10 Å². The summed E-state index contributed by atoms with van der Waals surface area (Å²) >= 11 is 0. The molecule has 0 amide bonds. The zero-order valence-electron chi connectivity index (χ0n) is 8.02. The molecule has 1 rings (SSSR count). The number of hydrogen-bond acceptors (Lipinski definition) is 4. The van der Waals surface area contributed by atoms with Crippen LogP contribution in [0.5, 0.6) is 0 Å². The van der Waals surface area contributed by atoms with E-state index in [-0.39, 0.29) is 18.8 Å². The van der Waals surface area contributed by atoms with Gasteiger partial charge >= 0.3 is 5.97 Å². The molecule has 0 unspecified atom stereocenters. The van der Waals surface area contributed by atoms with E-state index in [1.54, 1.807) is 0 Å². The number of alkyl halides is 2. The van der Waals surface area contributed by atoms with Gasteiger partial charge in [0.15, 0.2) is 5.82 Å². The first-order chi connectivity index (χ1) is 6.88. The number of aryl methyl sites for hydroxylation is 1. The number of nitrogens with zero attached hydrogens (tertiary/aromatic N) is 4. The highest BCUT2D eigenvalue weighted by Gasteiger charge is 2.22. The molecule has 0 spiro atoms. The second-order valence-electron chi connectivity index (χ2n) is 3.21. The molecule has 0 aliphatic rings. The highest BCUT2D eigenvalue weighted by atomic mass is 19.3. The molecule has 1 heterocycles. The maximum atomic E-state index is 12.5. The van der Waals surface area contributed by atoms with Gasteiger partial charge in [-0.3, -0.25) is 4.79 Å². The lowest BCUT2D eigenvalue weighted by Crippen LogP contribution is -2.17. The summed E-state index contributed by atoms with van der Waals surface area (Å²) in [6.45, 7) is 0.688. The number of carboxylic acid groups (broad SMARTS) is 1. The van der Waals surface area contributed by atoms with Gasteiger partial charge in [-0.1, -0.05) is 0 Å². The van der Waals surface area contributed by atoms with E-state index in [2.05, 4.69) is 15.5 Å². The Morgan fingerprint density at radius 1 is 1.60 bits per heavy atom. The number of rotatable bonds is 5.